The maximum absolute atomic E-state index is 12.4. The highest BCUT2D eigenvalue weighted by atomic mass is 79.9. The average molecular weight is 380 g/mol. The average Bonchev–Trinajstić information content (AvgIpc) is 2.42. The van der Waals surface area contributed by atoms with Gasteiger partial charge >= 0.3 is 0 Å². The molecule has 0 unspecified atom stereocenters. The molecule has 1 aromatic rings. The Morgan fingerprint density at radius 2 is 1.86 bits per heavy atom. The van der Waals surface area contributed by atoms with Crippen molar-refractivity contribution < 1.29 is 23.0 Å². The van der Waals surface area contributed by atoms with Gasteiger partial charge in [-0.3, -0.25) is 0 Å². The van der Waals surface area contributed by atoms with Crippen LogP contribution in [0.4, 0.5) is 0 Å². The highest BCUT2D eigenvalue weighted by molar-refractivity contribution is 9.10. The van der Waals surface area contributed by atoms with Crippen LogP contribution in [0.25, 0.3) is 0 Å². The van der Waals surface area contributed by atoms with Gasteiger partial charge in [-0.15, -0.1) is 0 Å². The molecule has 8 heteroatoms. The zero-order chi connectivity index (χ0) is 15.7. The van der Waals surface area contributed by atoms with Crippen LogP contribution in [0.15, 0.2) is 21.5 Å². The number of hydrogen-bond acceptors (Lipinski definition) is 5. The van der Waals surface area contributed by atoms with Crippen molar-refractivity contribution >= 4 is 26.0 Å². The largest absolute Gasteiger partial charge is 0.493 e. The number of hydrogen-bond donors (Lipinski definition) is 2. The maximum atomic E-state index is 12.4. The lowest BCUT2D eigenvalue weighted by Crippen LogP contribution is -2.47. The predicted molar refractivity (Wildman–Crippen MR) is 81.2 cm³/mol. The first-order chi connectivity index (χ1) is 9.81. The third kappa shape index (κ3) is 3.50. The first-order valence-corrected chi connectivity index (χ1v) is 8.72. The van der Waals surface area contributed by atoms with Crippen molar-refractivity contribution in [2.24, 2.45) is 0 Å². The van der Waals surface area contributed by atoms with Gasteiger partial charge in [0.1, 0.15) is 4.90 Å². The van der Waals surface area contributed by atoms with Crippen LogP contribution in [0.3, 0.4) is 0 Å². The van der Waals surface area contributed by atoms with E-state index in [2.05, 4.69) is 20.7 Å². The summed E-state index contributed by atoms with van der Waals surface area (Å²) < 4.78 is 37.8. The molecule has 0 heterocycles. The summed E-state index contributed by atoms with van der Waals surface area (Å²) >= 11 is 3.22. The van der Waals surface area contributed by atoms with Crippen LogP contribution >= 0.6 is 15.9 Å². The zero-order valence-corrected chi connectivity index (χ0v) is 14.3. The first-order valence-electron chi connectivity index (χ1n) is 6.45. The molecular weight excluding hydrogens is 362 g/mol. The van der Waals surface area contributed by atoms with Crippen LogP contribution in [0.5, 0.6) is 11.5 Å². The molecule has 0 atom stereocenters. The Morgan fingerprint density at radius 1 is 1.29 bits per heavy atom. The van der Waals surface area contributed by atoms with Gasteiger partial charge in [-0.05, 0) is 41.3 Å². The van der Waals surface area contributed by atoms with Gasteiger partial charge in [0.2, 0.25) is 10.0 Å². The topological polar surface area (TPSA) is 84.9 Å². The summed E-state index contributed by atoms with van der Waals surface area (Å²) in [6.07, 6.45) is 2.14. The standard InChI is InChI=1S/C13H18BrNO5S/c1-19-10-6-9(14)12(7-11(10)20-2)21(17,18)15-8-13(16)4-3-5-13/h6-7,15-16H,3-5,8H2,1-2H3. The molecule has 1 aromatic carbocycles. The number of halogens is 1. The van der Waals surface area contributed by atoms with Crippen molar-refractivity contribution in [3.8, 4) is 11.5 Å². The summed E-state index contributed by atoms with van der Waals surface area (Å²) in [5.74, 6) is 0.754. The van der Waals surface area contributed by atoms with E-state index in [9.17, 15) is 13.5 Å². The lowest BCUT2D eigenvalue weighted by Gasteiger charge is -2.36. The number of sulfonamides is 1. The highest BCUT2D eigenvalue weighted by Gasteiger charge is 2.36. The first kappa shape index (κ1) is 16.5. The minimum atomic E-state index is -3.75. The Balaban J connectivity index is 2.26. The van der Waals surface area contributed by atoms with Crippen LogP contribution in [-0.2, 0) is 10.0 Å². The number of benzene rings is 1. The summed E-state index contributed by atoms with van der Waals surface area (Å²) in [5.41, 5.74) is -0.921. The Labute approximate surface area is 132 Å². The highest BCUT2D eigenvalue weighted by Crippen LogP contribution is 2.36. The maximum Gasteiger partial charge on any atom is 0.241 e. The third-order valence-electron chi connectivity index (χ3n) is 3.60. The van der Waals surface area contributed by atoms with Crippen molar-refractivity contribution in [1.29, 1.82) is 0 Å². The van der Waals surface area contributed by atoms with Crippen LogP contribution in [0.2, 0.25) is 0 Å². The third-order valence-corrected chi connectivity index (χ3v) is 5.96. The molecule has 1 fully saturated rings. The quantitative estimate of drug-likeness (QED) is 0.784. The normalized spacial score (nSPS) is 17.1. The van der Waals surface area contributed by atoms with E-state index in [-0.39, 0.29) is 11.4 Å². The minimum Gasteiger partial charge on any atom is -0.493 e. The lowest BCUT2D eigenvalue weighted by molar-refractivity contribution is -0.0270. The van der Waals surface area contributed by atoms with E-state index in [1.165, 1.54) is 26.4 Å². The van der Waals surface area contributed by atoms with E-state index in [1.54, 1.807) is 0 Å². The molecule has 1 saturated carbocycles. The number of methoxy groups -OCH3 is 2. The van der Waals surface area contributed by atoms with Crippen LogP contribution in [0.1, 0.15) is 19.3 Å². The van der Waals surface area contributed by atoms with Crippen LogP contribution < -0.4 is 14.2 Å². The fourth-order valence-electron chi connectivity index (χ4n) is 2.11. The van der Waals surface area contributed by atoms with Crippen molar-refractivity contribution in [3.05, 3.63) is 16.6 Å². The molecule has 1 aliphatic rings. The lowest BCUT2D eigenvalue weighted by atomic mass is 9.81. The van der Waals surface area contributed by atoms with Gasteiger partial charge in [0.15, 0.2) is 11.5 Å². The molecule has 2 N–H and O–H groups in total. The van der Waals surface area contributed by atoms with Gasteiger partial charge in [-0.2, -0.15) is 0 Å². The summed E-state index contributed by atoms with van der Waals surface area (Å²) in [5, 5.41) is 9.99. The number of aliphatic hydroxyl groups is 1. The zero-order valence-electron chi connectivity index (χ0n) is 11.8. The number of nitrogens with one attached hydrogen (secondary N) is 1. The second-order valence-electron chi connectivity index (χ2n) is 5.04. The summed E-state index contributed by atoms with van der Waals surface area (Å²) in [4.78, 5) is 0.0445. The Bertz CT molecular complexity index is 628. The van der Waals surface area contributed by atoms with Gasteiger partial charge in [0.25, 0.3) is 0 Å². The molecular formula is C13H18BrNO5S. The summed E-state index contributed by atoms with van der Waals surface area (Å²) in [6, 6.07) is 2.92. The molecule has 6 nitrogen and oxygen atoms in total. The van der Waals surface area contributed by atoms with Gasteiger partial charge in [-0.25, -0.2) is 13.1 Å². The second-order valence-corrected chi connectivity index (χ2v) is 7.63. The fraction of sp³-hybridized carbons (Fsp3) is 0.538. The predicted octanol–water partition coefficient (Wildman–Crippen LogP) is 1.66. The van der Waals surface area contributed by atoms with Gasteiger partial charge in [0.05, 0.1) is 19.8 Å². The van der Waals surface area contributed by atoms with Gasteiger partial charge < -0.3 is 14.6 Å². The minimum absolute atomic E-state index is 0.0100. The number of ether oxygens (including phenoxy) is 2. The Kier molecular flexibility index (Phi) is 4.82. The molecule has 2 rings (SSSR count). The molecule has 0 aliphatic heterocycles. The molecule has 0 amide bonds. The molecule has 118 valence electrons. The molecule has 21 heavy (non-hydrogen) atoms. The molecule has 0 radical (unpaired) electrons. The molecule has 1 aliphatic carbocycles. The van der Waals surface area contributed by atoms with Crippen molar-refractivity contribution in [2.75, 3.05) is 20.8 Å². The van der Waals surface area contributed by atoms with E-state index >= 15 is 0 Å². The smallest absolute Gasteiger partial charge is 0.241 e. The molecule has 0 spiro atoms. The molecule has 0 bridgehead atoms. The van der Waals surface area contributed by atoms with Gasteiger partial charge in [0, 0.05) is 17.1 Å². The Morgan fingerprint density at radius 3 is 2.33 bits per heavy atom. The van der Waals surface area contributed by atoms with E-state index in [1.807, 2.05) is 0 Å². The van der Waals surface area contributed by atoms with Crippen LogP contribution in [-0.4, -0.2) is 39.9 Å². The molecule has 0 saturated heterocycles. The summed E-state index contributed by atoms with van der Waals surface area (Å²) in [7, 11) is -0.838. The SMILES string of the molecule is COc1cc(Br)c(S(=O)(=O)NCC2(O)CCC2)cc1OC. The van der Waals surface area contributed by atoms with Crippen molar-refractivity contribution in [2.45, 2.75) is 29.8 Å². The van der Waals surface area contributed by atoms with E-state index in [4.69, 9.17) is 9.47 Å². The monoisotopic (exact) mass is 379 g/mol. The van der Waals surface area contributed by atoms with Crippen molar-refractivity contribution in [3.63, 3.8) is 0 Å². The second kappa shape index (κ2) is 6.12. The van der Waals surface area contributed by atoms with E-state index in [0.29, 0.717) is 28.8 Å². The van der Waals surface area contributed by atoms with E-state index < -0.39 is 15.6 Å². The fourth-order valence-corrected chi connectivity index (χ4v) is 4.26. The Hall–Kier alpha value is -0.830. The summed E-state index contributed by atoms with van der Waals surface area (Å²) in [6.45, 7) is 0.0100. The van der Waals surface area contributed by atoms with E-state index in [0.717, 1.165) is 6.42 Å². The molecule has 0 aromatic heterocycles. The number of rotatable bonds is 6. The van der Waals surface area contributed by atoms with Crippen LogP contribution in [0, 0.1) is 0 Å². The van der Waals surface area contributed by atoms with Crippen molar-refractivity contribution in [1.82, 2.24) is 4.72 Å². The van der Waals surface area contributed by atoms with Gasteiger partial charge in [-0.1, -0.05) is 0 Å².